The SMILES string of the molecule is COc1ccccc1Oc1ccc2c(c1)C(=O)N(c1cccc(C(F)(F)F)c1)C2=O. The number of halogens is 3. The van der Waals surface area contributed by atoms with Crippen molar-refractivity contribution in [3.63, 3.8) is 0 Å². The second-order valence-electron chi connectivity index (χ2n) is 6.45. The summed E-state index contributed by atoms with van der Waals surface area (Å²) in [5.41, 5.74) is -0.963. The summed E-state index contributed by atoms with van der Waals surface area (Å²) in [6.07, 6.45) is -4.59. The highest BCUT2D eigenvalue weighted by Crippen LogP contribution is 2.37. The maximum atomic E-state index is 13.0. The van der Waals surface area contributed by atoms with E-state index in [2.05, 4.69) is 0 Å². The van der Waals surface area contributed by atoms with Crippen molar-refractivity contribution in [2.24, 2.45) is 0 Å². The monoisotopic (exact) mass is 413 g/mol. The number of ether oxygens (including phenoxy) is 2. The van der Waals surface area contributed by atoms with Gasteiger partial charge in [-0.15, -0.1) is 0 Å². The molecule has 1 heterocycles. The zero-order valence-corrected chi connectivity index (χ0v) is 15.6. The van der Waals surface area contributed by atoms with Gasteiger partial charge in [-0.2, -0.15) is 13.2 Å². The van der Waals surface area contributed by atoms with Gasteiger partial charge >= 0.3 is 6.18 Å². The Balaban J connectivity index is 1.67. The molecule has 30 heavy (non-hydrogen) atoms. The Labute approximate surface area is 169 Å². The molecular weight excluding hydrogens is 399 g/mol. The van der Waals surface area contributed by atoms with Crippen molar-refractivity contribution < 1.29 is 32.2 Å². The quantitative estimate of drug-likeness (QED) is 0.544. The molecule has 8 heteroatoms. The average molecular weight is 413 g/mol. The maximum Gasteiger partial charge on any atom is 0.416 e. The van der Waals surface area contributed by atoms with E-state index < -0.39 is 23.6 Å². The summed E-state index contributed by atoms with van der Waals surface area (Å²) in [5, 5.41) is 0. The molecule has 0 N–H and O–H groups in total. The van der Waals surface area contributed by atoms with Crippen LogP contribution in [0.1, 0.15) is 26.3 Å². The minimum atomic E-state index is -4.59. The molecule has 0 fully saturated rings. The number of hydrogen-bond acceptors (Lipinski definition) is 4. The first-order valence-electron chi connectivity index (χ1n) is 8.80. The van der Waals surface area contributed by atoms with E-state index in [0.717, 1.165) is 23.1 Å². The highest BCUT2D eigenvalue weighted by molar-refractivity contribution is 6.34. The van der Waals surface area contributed by atoms with E-state index >= 15 is 0 Å². The number of amides is 2. The molecule has 0 saturated carbocycles. The first-order valence-corrected chi connectivity index (χ1v) is 8.80. The second-order valence-corrected chi connectivity index (χ2v) is 6.45. The van der Waals surface area contributed by atoms with Gasteiger partial charge in [-0.05, 0) is 48.5 Å². The summed E-state index contributed by atoms with van der Waals surface area (Å²) in [6, 6.07) is 15.3. The van der Waals surface area contributed by atoms with Gasteiger partial charge < -0.3 is 9.47 Å². The molecule has 2 amide bonds. The van der Waals surface area contributed by atoms with Crippen LogP contribution >= 0.6 is 0 Å². The Kier molecular flexibility index (Phi) is 4.69. The Morgan fingerprint density at radius 2 is 1.50 bits per heavy atom. The van der Waals surface area contributed by atoms with Crippen LogP contribution in [0.25, 0.3) is 0 Å². The fraction of sp³-hybridized carbons (Fsp3) is 0.0909. The molecule has 152 valence electrons. The number of hydrogen-bond donors (Lipinski definition) is 0. The Morgan fingerprint density at radius 3 is 2.20 bits per heavy atom. The Hall–Kier alpha value is -3.81. The van der Waals surface area contributed by atoms with Gasteiger partial charge in [-0.1, -0.05) is 18.2 Å². The topological polar surface area (TPSA) is 55.8 Å². The van der Waals surface area contributed by atoms with Crippen molar-refractivity contribution in [1.29, 1.82) is 0 Å². The number of carbonyl (C=O) groups is 2. The van der Waals surface area contributed by atoms with Gasteiger partial charge in [0.05, 0.1) is 29.5 Å². The van der Waals surface area contributed by atoms with E-state index in [0.29, 0.717) is 11.5 Å². The van der Waals surface area contributed by atoms with Crippen molar-refractivity contribution in [3.8, 4) is 17.2 Å². The van der Waals surface area contributed by atoms with Gasteiger partial charge in [0.2, 0.25) is 0 Å². The minimum absolute atomic E-state index is 0.0461. The smallest absolute Gasteiger partial charge is 0.416 e. The number of imide groups is 1. The molecular formula is C22H14F3NO4. The molecule has 0 aromatic heterocycles. The van der Waals surface area contributed by atoms with Gasteiger partial charge in [-0.3, -0.25) is 9.59 Å². The Bertz CT molecular complexity index is 1160. The molecule has 0 unspecified atom stereocenters. The average Bonchev–Trinajstić information content (AvgIpc) is 2.98. The molecule has 4 rings (SSSR count). The third-order valence-electron chi connectivity index (χ3n) is 4.59. The summed E-state index contributed by atoms with van der Waals surface area (Å²) in [4.78, 5) is 26.3. The van der Waals surface area contributed by atoms with Crippen molar-refractivity contribution in [3.05, 3.63) is 83.4 Å². The molecule has 0 spiro atoms. The van der Waals surface area contributed by atoms with Gasteiger partial charge in [0.1, 0.15) is 5.75 Å². The number of rotatable bonds is 4. The molecule has 1 aliphatic rings. The van der Waals surface area contributed by atoms with Gasteiger partial charge in [0, 0.05) is 0 Å². The van der Waals surface area contributed by atoms with Gasteiger partial charge in [0.15, 0.2) is 11.5 Å². The lowest BCUT2D eigenvalue weighted by molar-refractivity contribution is -0.137. The van der Waals surface area contributed by atoms with Crippen LogP contribution in [0.4, 0.5) is 18.9 Å². The molecule has 0 radical (unpaired) electrons. The number of alkyl halides is 3. The predicted octanol–water partition coefficient (Wildman–Crippen LogP) is 5.31. The number of carbonyl (C=O) groups excluding carboxylic acids is 2. The number of methoxy groups -OCH3 is 1. The first kappa shape index (κ1) is 19.5. The second kappa shape index (κ2) is 7.22. The molecule has 1 aliphatic heterocycles. The zero-order valence-electron chi connectivity index (χ0n) is 15.6. The number of fused-ring (bicyclic) bond motifs is 1. The fourth-order valence-electron chi connectivity index (χ4n) is 3.17. The first-order chi connectivity index (χ1) is 14.3. The number of para-hydroxylation sites is 2. The van der Waals surface area contributed by atoms with Crippen LogP contribution in [0.3, 0.4) is 0 Å². The zero-order chi connectivity index (χ0) is 21.5. The number of anilines is 1. The van der Waals surface area contributed by atoms with Crippen molar-refractivity contribution >= 4 is 17.5 Å². The third-order valence-corrected chi connectivity index (χ3v) is 4.59. The van der Waals surface area contributed by atoms with Crippen LogP contribution in [0.15, 0.2) is 66.7 Å². The van der Waals surface area contributed by atoms with E-state index in [1.54, 1.807) is 24.3 Å². The molecule has 3 aromatic carbocycles. The minimum Gasteiger partial charge on any atom is -0.493 e. The van der Waals surface area contributed by atoms with E-state index in [1.165, 1.54) is 31.4 Å². The van der Waals surface area contributed by atoms with E-state index in [4.69, 9.17) is 9.47 Å². The lowest BCUT2D eigenvalue weighted by atomic mass is 10.1. The molecule has 5 nitrogen and oxygen atoms in total. The van der Waals surface area contributed by atoms with Gasteiger partial charge in [-0.25, -0.2) is 4.90 Å². The standard InChI is InChI=1S/C22H14F3NO4/c1-29-18-7-2-3-8-19(18)30-15-9-10-16-17(12-15)21(28)26(20(16)27)14-6-4-5-13(11-14)22(23,24)25/h2-12H,1H3. The largest absolute Gasteiger partial charge is 0.493 e. The van der Waals surface area contributed by atoms with Crippen LogP contribution in [-0.4, -0.2) is 18.9 Å². The van der Waals surface area contributed by atoms with Crippen LogP contribution in [0.5, 0.6) is 17.2 Å². The lowest BCUT2D eigenvalue weighted by Gasteiger charge is -2.16. The number of nitrogens with zero attached hydrogens (tertiary/aromatic N) is 1. The molecule has 0 atom stereocenters. The summed E-state index contributed by atoms with van der Waals surface area (Å²) in [5.74, 6) is -0.249. The third kappa shape index (κ3) is 3.36. The van der Waals surface area contributed by atoms with Crippen LogP contribution in [0, 0.1) is 0 Å². The van der Waals surface area contributed by atoms with Gasteiger partial charge in [0.25, 0.3) is 11.8 Å². The Morgan fingerprint density at radius 1 is 0.800 bits per heavy atom. The molecule has 0 saturated heterocycles. The summed E-state index contributed by atoms with van der Waals surface area (Å²) in [7, 11) is 1.49. The van der Waals surface area contributed by atoms with Crippen LogP contribution in [0.2, 0.25) is 0 Å². The maximum absolute atomic E-state index is 13.0. The van der Waals surface area contributed by atoms with Crippen molar-refractivity contribution in [1.82, 2.24) is 0 Å². The van der Waals surface area contributed by atoms with E-state index in [9.17, 15) is 22.8 Å². The molecule has 0 bridgehead atoms. The predicted molar refractivity (Wildman–Crippen MR) is 102 cm³/mol. The summed E-state index contributed by atoms with van der Waals surface area (Å²) < 4.78 is 50.0. The van der Waals surface area contributed by atoms with Crippen molar-refractivity contribution in [2.45, 2.75) is 6.18 Å². The summed E-state index contributed by atoms with van der Waals surface area (Å²) in [6.45, 7) is 0. The highest BCUT2D eigenvalue weighted by atomic mass is 19.4. The normalized spacial score (nSPS) is 13.4. The van der Waals surface area contributed by atoms with E-state index in [1.807, 2.05) is 0 Å². The molecule has 0 aliphatic carbocycles. The highest BCUT2D eigenvalue weighted by Gasteiger charge is 2.38. The number of benzene rings is 3. The van der Waals surface area contributed by atoms with Crippen LogP contribution < -0.4 is 14.4 Å². The molecule has 3 aromatic rings. The lowest BCUT2D eigenvalue weighted by Crippen LogP contribution is -2.29. The van der Waals surface area contributed by atoms with E-state index in [-0.39, 0.29) is 22.6 Å². The van der Waals surface area contributed by atoms with Crippen molar-refractivity contribution in [2.75, 3.05) is 12.0 Å². The summed E-state index contributed by atoms with van der Waals surface area (Å²) >= 11 is 0. The fourth-order valence-corrected chi connectivity index (χ4v) is 3.17. The van der Waals surface area contributed by atoms with Crippen LogP contribution in [-0.2, 0) is 6.18 Å².